The van der Waals surface area contributed by atoms with E-state index in [2.05, 4.69) is 19.9 Å². The SMILES string of the molecule is c1ccc(COc2ccc(-c3cnc(N4CCCCC4)nc3)c(OCc3ccccc3)n2)cc1. The van der Waals surface area contributed by atoms with E-state index in [0.29, 0.717) is 25.0 Å². The van der Waals surface area contributed by atoms with Gasteiger partial charge in [-0.05, 0) is 36.5 Å². The Balaban J connectivity index is 1.37. The number of benzene rings is 2. The summed E-state index contributed by atoms with van der Waals surface area (Å²) in [4.78, 5) is 16.2. The molecule has 1 saturated heterocycles. The third-order valence-corrected chi connectivity index (χ3v) is 5.87. The van der Waals surface area contributed by atoms with Crippen LogP contribution in [0, 0.1) is 0 Å². The number of ether oxygens (including phenoxy) is 2. The maximum absolute atomic E-state index is 6.16. The Bertz CT molecular complexity index is 1180. The molecule has 6 nitrogen and oxygen atoms in total. The van der Waals surface area contributed by atoms with Crippen molar-refractivity contribution in [1.82, 2.24) is 15.0 Å². The first-order chi connectivity index (χ1) is 16.8. The first-order valence-electron chi connectivity index (χ1n) is 11.8. The first-order valence-corrected chi connectivity index (χ1v) is 11.8. The number of pyridine rings is 1. The molecule has 172 valence electrons. The quantitative estimate of drug-likeness (QED) is 0.342. The van der Waals surface area contributed by atoms with E-state index >= 15 is 0 Å². The van der Waals surface area contributed by atoms with Crippen molar-refractivity contribution in [1.29, 1.82) is 0 Å². The van der Waals surface area contributed by atoms with Gasteiger partial charge >= 0.3 is 0 Å². The maximum atomic E-state index is 6.16. The minimum atomic E-state index is 0.412. The predicted octanol–water partition coefficient (Wildman–Crippen LogP) is 5.69. The maximum Gasteiger partial charge on any atom is 0.225 e. The monoisotopic (exact) mass is 452 g/mol. The highest BCUT2D eigenvalue weighted by atomic mass is 16.5. The number of nitrogens with zero attached hydrogens (tertiary/aromatic N) is 4. The molecule has 0 amide bonds. The van der Waals surface area contributed by atoms with Crippen LogP contribution < -0.4 is 14.4 Å². The molecule has 1 fully saturated rings. The Morgan fingerprint density at radius 3 is 1.94 bits per heavy atom. The summed E-state index contributed by atoms with van der Waals surface area (Å²) < 4.78 is 12.1. The van der Waals surface area contributed by atoms with E-state index in [9.17, 15) is 0 Å². The van der Waals surface area contributed by atoms with Gasteiger partial charge in [0.1, 0.15) is 13.2 Å². The van der Waals surface area contributed by atoms with Crippen molar-refractivity contribution < 1.29 is 9.47 Å². The van der Waals surface area contributed by atoms with Gasteiger partial charge in [-0.1, -0.05) is 60.7 Å². The van der Waals surface area contributed by atoms with Crippen LogP contribution >= 0.6 is 0 Å². The minimum absolute atomic E-state index is 0.412. The van der Waals surface area contributed by atoms with E-state index in [0.717, 1.165) is 41.3 Å². The normalized spacial score (nSPS) is 13.5. The number of hydrogen-bond donors (Lipinski definition) is 0. The van der Waals surface area contributed by atoms with Gasteiger partial charge < -0.3 is 14.4 Å². The fourth-order valence-electron chi connectivity index (χ4n) is 4.01. The van der Waals surface area contributed by atoms with Crippen LogP contribution in [0.4, 0.5) is 5.95 Å². The molecule has 0 bridgehead atoms. The number of rotatable bonds is 8. The summed E-state index contributed by atoms with van der Waals surface area (Å²) >= 11 is 0. The van der Waals surface area contributed by atoms with Crippen LogP contribution in [-0.2, 0) is 13.2 Å². The van der Waals surface area contributed by atoms with Crippen molar-refractivity contribution in [2.24, 2.45) is 0 Å². The van der Waals surface area contributed by atoms with Gasteiger partial charge in [0.05, 0.1) is 0 Å². The average Bonchev–Trinajstić information content (AvgIpc) is 2.92. The van der Waals surface area contributed by atoms with Crippen molar-refractivity contribution in [2.75, 3.05) is 18.0 Å². The topological polar surface area (TPSA) is 60.4 Å². The first kappa shape index (κ1) is 21.9. The molecule has 0 aliphatic carbocycles. The highest BCUT2D eigenvalue weighted by Crippen LogP contribution is 2.31. The van der Waals surface area contributed by atoms with Gasteiger partial charge in [0.15, 0.2) is 0 Å². The summed E-state index contributed by atoms with van der Waals surface area (Å²) in [5.74, 6) is 1.80. The minimum Gasteiger partial charge on any atom is -0.473 e. The molecule has 1 aliphatic heterocycles. The average molecular weight is 453 g/mol. The van der Waals surface area contributed by atoms with Crippen molar-refractivity contribution >= 4 is 5.95 Å². The molecule has 6 heteroatoms. The Labute approximate surface area is 200 Å². The van der Waals surface area contributed by atoms with Crippen LogP contribution in [0.3, 0.4) is 0 Å². The largest absolute Gasteiger partial charge is 0.473 e. The molecule has 0 N–H and O–H groups in total. The number of anilines is 1. The highest BCUT2D eigenvalue weighted by Gasteiger charge is 2.16. The zero-order chi connectivity index (χ0) is 23.0. The van der Waals surface area contributed by atoms with Crippen LogP contribution in [0.5, 0.6) is 11.8 Å². The molecule has 0 spiro atoms. The van der Waals surface area contributed by atoms with Gasteiger partial charge in [-0.3, -0.25) is 0 Å². The van der Waals surface area contributed by atoms with Crippen LogP contribution in [0.15, 0.2) is 85.2 Å². The Kier molecular flexibility index (Phi) is 6.95. The molecule has 5 rings (SSSR count). The Morgan fingerprint density at radius 2 is 1.29 bits per heavy atom. The number of piperidine rings is 1. The molecule has 0 atom stereocenters. The van der Waals surface area contributed by atoms with Gasteiger partial charge in [-0.25, -0.2) is 9.97 Å². The van der Waals surface area contributed by atoms with Crippen molar-refractivity contribution in [3.8, 4) is 22.9 Å². The molecule has 34 heavy (non-hydrogen) atoms. The predicted molar refractivity (Wildman–Crippen MR) is 133 cm³/mol. The van der Waals surface area contributed by atoms with Gasteiger partial charge in [-0.2, -0.15) is 4.98 Å². The lowest BCUT2D eigenvalue weighted by atomic mass is 10.1. The molecule has 2 aromatic carbocycles. The summed E-state index contributed by atoms with van der Waals surface area (Å²) in [5, 5.41) is 0. The second-order valence-corrected chi connectivity index (χ2v) is 8.37. The molecule has 4 aromatic rings. The van der Waals surface area contributed by atoms with Crippen LogP contribution in [0.2, 0.25) is 0 Å². The zero-order valence-electron chi connectivity index (χ0n) is 19.1. The molecule has 0 unspecified atom stereocenters. The molecule has 0 saturated carbocycles. The van der Waals surface area contributed by atoms with Crippen LogP contribution in [-0.4, -0.2) is 28.0 Å². The number of hydrogen-bond acceptors (Lipinski definition) is 6. The van der Waals surface area contributed by atoms with Gasteiger partial charge in [-0.15, -0.1) is 0 Å². The van der Waals surface area contributed by atoms with Crippen LogP contribution in [0.1, 0.15) is 30.4 Å². The van der Waals surface area contributed by atoms with E-state index in [4.69, 9.17) is 9.47 Å². The van der Waals surface area contributed by atoms with Crippen molar-refractivity contribution in [3.05, 3.63) is 96.3 Å². The molecule has 1 aliphatic rings. The summed E-state index contributed by atoms with van der Waals surface area (Å²) in [5.41, 5.74) is 3.86. The van der Waals surface area contributed by atoms with E-state index in [1.165, 1.54) is 19.3 Å². The van der Waals surface area contributed by atoms with Gasteiger partial charge in [0, 0.05) is 42.7 Å². The molecule has 2 aromatic heterocycles. The fraction of sp³-hybridized carbons (Fsp3) is 0.250. The lowest BCUT2D eigenvalue weighted by molar-refractivity contribution is 0.268. The number of aromatic nitrogens is 3. The van der Waals surface area contributed by atoms with Crippen molar-refractivity contribution in [2.45, 2.75) is 32.5 Å². The standard InChI is InChI=1S/C28H28N4O2/c1-4-10-22(11-5-1)20-33-26-15-14-25(27(31-26)34-21-23-12-6-2-7-13-23)24-18-29-28(30-19-24)32-16-8-3-9-17-32/h1-2,4-7,10-15,18-19H,3,8-9,16-17,20-21H2. The van der Waals surface area contributed by atoms with E-state index < -0.39 is 0 Å². The lowest BCUT2D eigenvalue weighted by Gasteiger charge is -2.26. The zero-order valence-corrected chi connectivity index (χ0v) is 19.1. The third-order valence-electron chi connectivity index (χ3n) is 5.87. The van der Waals surface area contributed by atoms with E-state index in [-0.39, 0.29) is 0 Å². The summed E-state index contributed by atoms with van der Waals surface area (Å²) in [6.45, 7) is 2.88. The molecular weight excluding hydrogens is 424 g/mol. The lowest BCUT2D eigenvalue weighted by Crippen LogP contribution is -2.30. The highest BCUT2D eigenvalue weighted by molar-refractivity contribution is 5.68. The molecule has 0 radical (unpaired) electrons. The third kappa shape index (κ3) is 5.52. The second kappa shape index (κ2) is 10.8. The van der Waals surface area contributed by atoms with Crippen molar-refractivity contribution in [3.63, 3.8) is 0 Å². The summed E-state index contributed by atoms with van der Waals surface area (Å²) in [6.07, 6.45) is 7.37. The van der Waals surface area contributed by atoms with E-state index in [1.54, 1.807) is 0 Å². The Hall–Kier alpha value is -3.93. The Morgan fingerprint density at radius 1 is 0.676 bits per heavy atom. The molecule has 3 heterocycles. The summed E-state index contributed by atoms with van der Waals surface area (Å²) in [6, 6.07) is 23.9. The summed E-state index contributed by atoms with van der Waals surface area (Å²) in [7, 11) is 0. The van der Waals surface area contributed by atoms with Crippen LogP contribution in [0.25, 0.3) is 11.1 Å². The second-order valence-electron chi connectivity index (χ2n) is 8.37. The smallest absolute Gasteiger partial charge is 0.225 e. The van der Waals surface area contributed by atoms with E-state index in [1.807, 2.05) is 85.2 Å². The van der Waals surface area contributed by atoms with Gasteiger partial charge in [0.2, 0.25) is 17.7 Å². The fourth-order valence-corrected chi connectivity index (χ4v) is 4.01. The molecular formula is C28H28N4O2. The van der Waals surface area contributed by atoms with Gasteiger partial charge in [0.25, 0.3) is 0 Å².